The van der Waals surface area contributed by atoms with Gasteiger partial charge in [0.05, 0.1) is 40.3 Å². The van der Waals surface area contributed by atoms with Gasteiger partial charge in [0.15, 0.2) is 0 Å². The Bertz CT molecular complexity index is 959. The fourth-order valence-electron chi connectivity index (χ4n) is 2.91. The summed E-state index contributed by atoms with van der Waals surface area (Å²) < 4.78 is 39.1. The minimum absolute atomic E-state index is 0.0888. The highest BCUT2D eigenvalue weighted by molar-refractivity contribution is 6.34. The number of aromatic nitrogens is 2. The van der Waals surface area contributed by atoms with Crippen LogP contribution in [-0.4, -0.2) is 39.6 Å². The Morgan fingerprint density at radius 3 is 2.64 bits per heavy atom. The zero-order valence-electron chi connectivity index (χ0n) is 14.4. The molecule has 0 saturated carbocycles. The maximum Gasteiger partial charge on any atom is 0.417 e. The Morgan fingerprint density at radius 1 is 1.29 bits per heavy atom. The van der Waals surface area contributed by atoms with Gasteiger partial charge in [0.1, 0.15) is 5.69 Å². The van der Waals surface area contributed by atoms with E-state index in [0.29, 0.717) is 17.0 Å². The number of nitrogens with two attached hydrogens (primary N) is 1. The largest absolute Gasteiger partial charge is 0.417 e. The molecule has 3 rings (SSSR count). The molecule has 2 heterocycles. The van der Waals surface area contributed by atoms with Crippen LogP contribution in [-0.2, 0) is 6.18 Å². The first kappa shape index (κ1) is 19.8. The van der Waals surface area contributed by atoms with Crippen molar-refractivity contribution in [2.75, 3.05) is 13.1 Å². The second kappa shape index (κ2) is 7.59. The number of nitrogens with zero attached hydrogens (tertiary/aromatic N) is 3. The second-order valence-electron chi connectivity index (χ2n) is 6.10. The monoisotopic (exact) mass is 409 g/mol. The van der Waals surface area contributed by atoms with Gasteiger partial charge in [-0.05, 0) is 18.6 Å². The van der Waals surface area contributed by atoms with Crippen LogP contribution >= 0.6 is 11.6 Å². The molecule has 1 amide bonds. The molecule has 3 N–H and O–H groups in total. The molecule has 10 heteroatoms. The molecule has 0 unspecified atom stereocenters. The van der Waals surface area contributed by atoms with Crippen molar-refractivity contribution in [1.29, 1.82) is 5.41 Å². The SMILES string of the molecule is N=C1CN(C(=O)c2cccc(C(F)(F)F)c2Cl)CCC1=C(N)c1cnccn1. The number of carbonyl (C=O) groups excluding carboxylic acids is 1. The number of hydrogen-bond donors (Lipinski definition) is 2. The molecule has 0 aliphatic carbocycles. The van der Waals surface area contributed by atoms with E-state index in [9.17, 15) is 18.0 Å². The summed E-state index contributed by atoms with van der Waals surface area (Å²) in [6.45, 7) is 0.0891. The minimum atomic E-state index is -4.66. The predicted octanol–water partition coefficient (Wildman–Crippen LogP) is 3.38. The van der Waals surface area contributed by atoms with Gasteiger partial charge in [0, 0.05) is 24.5 Å². The van der Waals surface area contributed by atoms with Gasteiger partial charge in [-0.25, -0.2) is 0 Å². The first-order chi connectivity index (χ1) is 13.2. The molecule has 28 heavy (non-hydrogen) atoms. The molecular formula is C18H15ClF3N5O. The van der Waals surface area contributed by atoms with Crippen LogP contribution in [0.15, 0.2) is 42.4 Å². The quantitative estimate of drug-likeness (QED) is 0.794. The Hall–Kier alpha value is -2.94. The summed E-state index contributed by atoms with van der Waals surface area (Å²) in [4.78, 5) is 22.0. The van der Waals surface area contributed by atoms with Gasteiger partial charge in [-0.2, -0.15) is 13.2 Å². The van der Waals surface area contributed by atoms with Crippen LogP contribution in [0.2, 0.25) is 5.02 Å². The molecule has 1 fully saturated rings. The van der Waals surface area contributed by atoms with Crippen LogP contribution in [0, 0.1) is 5.41 Å². The Balaban J connectivity index is 1.83. The number of alkyl halides is 3. The van der Waals surface area contributed by atoms with Crippen molar-refractivity contribution in [1.82, 2.24) is 14.9 Å². The van der Waals surface area contributed by atoms with E-state index in [1.807, 2.05) is 0 Å². The van der Waals surface area contributed by atoms with Gasteiger partial charge in [0.25, 0.3) is 5.91 Å². The number of benzene rings is 1. The van der Waals surface area contributed by atoms with Crippen LogP contribution in [0.4, 0.5) is 13.2 Å². The Morgan fingerprint density at radius 2 is 2.04 bits per heavy atom. The van der Waals surface area contributed by atoms with E-state index in [1.54, 1.807) is 0 Å². The smallest absolute Gasteiger partial charge is 0.397 e. The van der Waals surface area contributed by atoms with Crippen molar-refractivity contribution in [3.63, 3.8) is 0 Å². The highest BCUT2D eigenvalue weighted by atomic mass is 35.5. The molecule has 1 aromatic heterocycles. The number of amides is 1. The summed E-state index contributed by atoms with van der Waals surface area (Å²) in [6.07, 6.45) is 0.0374. The number of halogens is 4. The van der Waals surface area contributed by atoms with Gasteiger partial charge < -0.3 is 16.0 Å². The predicted molar refractivity (Wildman–Crippen MR) is 97.8 cm³/mol. The standard InChI is InChI=1S/C18H15ClF3N5O/c19-15-11(2-1-3-12(15)18(20,21)22)17(28)27-7-4-10(13(23)9-27)16(24)14-8-25-5-6-26-14/h1-3,5-6,8,23H,4,7,9,24H2. The average molecular weight is 410 g/mol. The summed E-state index contributed by atoms with van der Waals surface area (Å²) in [5.74, 6) is -0.669. The van der Waals surface area contributed by atoms with E-state index in [4.69, 9.17) is 22.7 Å². The minimum Gasteiger partial charge on any atom is -0.397 e. The fourth-order valence-corrected chi connectivity index (χ4v) is 3.23. The van der Waals surface area contributed by atoms with Crippen molar-refractivity contribution in [2.24, 2.45) is 5.73 Å². The maximum absolute atomic E-state index is 13.0. The zero-order chi connectivity index (χ0) is 20.5. The Labute approximate surface area is 163 Å². The van der Waals surface area contributed by atoms with Crippen LogP contribution in [0.1, 0.15) is 28.0 Å². The first-order valence-electron chi connectivity index (χ1n) is 8.18. The lowest BCUT2D eigenvalue weighted by Crippen LogP contribution is -2.41. The molecular weight excluding hydrogens is 395 g/mol. The molecule has 1 aliphatic heterocycles. The molecule has 1 aliphatic rings. The normalized spacial score (nSPS) is 16.9. The number of rotatable bonds is 2. The fraction of sp³-hybridized carbons (Fsp3) is 0.222. The highest BCUT2D eigenvalue weighted by Gasteiger charge is 2.36. The molecule has 1 saturated heterocycles. The summed E-state index contributed by atoms with van der Waals surface area (Å²) in [6, 6.07) is 3.19. The van der Waals surface area contributed by atoms with Gasteiger partial charge in [-0.15, -0.1) is 0 Å². The molecule has 0 atom stereocenters. The van der Waals surface area contributed by atoms with Gasteiger partial charge in [-0.3, -0.25) is 14.8 Å². The molecule has 6 nitrogen and oxygen atoms in total. The van der Waals surface area contributed by atoms with Crippen molar-refractivity contribution in [3.05, 3.63) is 64.2 Å². The highest BCUT2D eigenvalue weighted by Crippen LogP contribution is 2.36. The van der Waals surface area contributed by atoms with Crippen molar-refractivity contribution >= 4 is 28.9 Å². The molecule has 1 aromatic carbocycles. The average Bonchev–Trinajstić information content (AvgIpc) is 2.67. The van der Waals surface area contributed by atoms with E-state index >= 15 is 0 Å². The topological polar surface area (TPSA) is 96.0 Å². The maximum atomic E-state index is 13.0. The van der Waals surface area contributed by atoms with E-state index in [-0.39, 0.29) is 30.8 Å². The number of piperidine rings is 1. The third kappa shape index (κ3) is 3.84. The van der Waals surface area contributed by atoms with E-state index in [0.717, 1.165) is 12.1 Å². The first-order valence-corrected chi connectivity index (χ1v) is 8.55. The third-order valence-corrected chi connectivity index (χ3v) is 4.74. The number of carbonyl (C=O) groups is 1. The summed E-state index contributed by atoms with van der Waals surface area (Å²) >= 11 is 5.84. The van der Waals surface area contributed by atoms with E-state index in [1.165, 1.54) is 29.6 Å². The summed E-state index contributed by atoms with van der Waals surface area (Å²) in [7, 11) is 0. The van der Waals surface area contributed by atoms with E-state index < -0.39 is 22.7 Å². The van der Waals surface area contributed by atoms with Gasteiger partial charge in [-0.1, -0.05) is 17.7 Å². The molecule has 2 aromatic rings. The van der Waals surface area contributed by atoms with Gasteiger partial charge >= 0.3 is 6.18 Å². The number of hydrogen-bond acceptors (Lipinski definition) is 5. The molecule has 0 radical (unpaired) electrons. The lowest BCUT2D eigenvalue weighted by molar-refractivity contribution is -0.137. The van der Waals surface area contributed by atoms with Crippen molar-refractivity contribution < 1.29 is 18.0 Å². The van der Waals surface area contributed by atoms with Gasteiger partial charge in [0.2, 0.25) is 0 Å². The zero-order valence-corrected chi connectivity index (χ0v) is 15.2. The summed E-state index contributed by atoms with van der Waals surface area (Å²) in [5.41, 5.74) is 6.08. The van der Waals surface area contributed by atoms with Crippen LogP contribution in [0.3, 0.4) is 0 Å². The molecule has 146 valence electrons. The Kier molecular flexibility index (Phi) is 5.37. The van der Waals surface area contributed by atoms with E-state index in [2.05, 4.69) is 9.97 Å². The van der Waals surface area contributed by atoms with Crippen LogP contribution in [0.25, 0.3) is 5.70 Å². The molecule has 0 spiro atoms. The van der Waals surface area contributed by atoms with Crippen molar-refractivity contribution in [2.45, 2.75) is 12.6 Å². The summed E-state index contributed by atoms with van der Waals surface area (Å²) in [5, 5.41) is 7.57. The lowest BCUT2D eigenvalue weighted by Gasteiger charge is -2.30. The third-order valence-electron chi connectivity index (χ3n) is 4.33. The lowest BCUT2D eigenvalue weighted by atomic mass is 9.97. The molecule has 0 bridgehead atoms. The number of likely N-dealkylation sites (tertiary alicyclic amines) is 1. The van der Waals surface area contributed by atoms with Crippen LogP contribution in [0.5, 0.6) is 0 Å². The van der Waals surface area contributed by atoms with Crippen molar-refractivity contribution in [3.8, 4) is 0 Å². The van der Waals surface area contributed by atoms with Crippen LogP contribution < -0.4 is 5.73 Å². The number of nitrogens with one attached hydrogen (secondary N) is 1. The second-order valence-corrected chi connectivity index (χ2v) is 6.48.